The van der Waals surface area contributed by atoms with E-state index in [1.807, 2.05) is 17.8 Å². The number of thioether (sulfide) groups is 1. The van der Waals surface area contributed by atoms with Crippen molar-refractivity contribution in [3.63, 3.8) is 0 Å². The van der Waals surface area contributed by atoms with Gasteiger partial charge in [-0.15, -0.1) is 0 Å². The van der Waals surface area contributed by atoms with Crippen molar-refractivity contribution in [2.45, 2.75) is 25.1 Å². The molecule has 0 atom stereocenters. The molecular weight excluding hydrogens is 275 g/mol. The van der Waals surface area contributed by atoms with E-state index in [4.69, 9.17) is 23.2 Å². The van der Waals surface area contributed by atoms with E-state index in [-0.39, 0.29) is 0 Å². The van der Waals surface area contributed by atoms with Gasteiger partial charge in [-0.25, -0.2) is 4.98 Å². The fourth-order valence-corrected chi connectivity index (χ4v) is 3.54. The number of hydrogen-bond acceptors (Lipinski definition) is 3. The minimum atomic E-state index is 0.309. The Labute approximate surface area is 117 Å². The zero-order valence-electron chi connectivity index (χ0n) is 10.0. The minimum absolute atomic E-state index is 0.309. The Hall–Kier alpha value is 0.0400. The number of halogens is 2. The van der Waals surface area contributed by atoms with Gasteiger partial charge in [-0.05, 0) is 26.0 Å². The molecule has 0 spiro atoms. The second kappa shape index (κ2) is 5.35. The summed E-state index contributed by atoms with van der Waals surface area (Å²) in [6.07, 6.45) is 0. The van der Waals surface area contributed by atoms with Crippen LogP contribution in [-0.4, -0.2) is 33.5 Å². The van der Waals surface area contributed by atoms with Crippen LogP contribution < -0.4 is 0 Å². The molecule has 5 heteroatoms. The molecular formula is C12H16Cl2N2S. The van der Waals surface area contributed by atoms with Crippen LogP contribution in [0.3, 0.4) is 0 Å². The van der Waals surface area contributed by atoms with E-state index in [2.05, 4.69) is 23.7 Å². The van der Waals surface area contributed by atoms with Gasteiger partial charge in [0.15, 0.2) is 0 Å². The molecule has 1 aromatic rings. The van der Waals surface area contributed by atoms with Gasteiger partial charge in [-0.2, -0.15) is 11.8 Å². The Bertz CT molecular complexity index is 409. The molecule has 1 fully saturated rings. The average Bonchev–Trinajstić information content (AvgIpc) is 2.22. The molecule has 1 saturated heterocycles. The number of pyridine rings is 1. The fraction of sp³-hybridized carbons (Fsp3) is 0.583. The molecule has 1 aliphatic rings. The van der Waals surface area contributed by atoms with Crippen LogP contribution in [0.5, 0.6) is 0 Å². The van der Waals surface area contributed by atoms with E-state index in [0.29, 0.717) is 14.9 Å². The molecule has 2 rings (SSSR count). The minimum Gasteiger partial charge on any atom is -0.295 e. The molecule has 0 radical (unpaired) electrons. The first-order valence-electron chi connectivity index (χ1n) is 5.63. The molecule has 0 aliphatic carbocycles. The van der Waals surface area contributed by atoms with E-state index < -0.39 is 0 Å². The molecule has 0 saturated carbocycles. The van der Waals surface area contributed by atoms with Crippen molar-refractivity contribution < 1.29 is 0 Å². The molecule has 0 N–H and O–H groups in total. The standard InChI is InChI=1S/C12H16Cl2N2S/c1-12(2)8-16(5-6-17-12)7-10-9(13)3-4-11(14)15-10/h3-4H,5-8H2,1-2H3. The third kappa shape index (κ3) is 3.75. The summed E-state index contributed by atoms with van der Waals surface area (Å²) >= 11 is 14.1. The summed E-state index contributed by atoms with van der Waals surface area (Å²) in [6.45, 7) is 7.47. The highest BCUT2D eigenvalue weighted by molar-refractivity contribution is 8.00. The second-order valence-electron chi connectivity index (χ2n) is 4.88. The number of nitrogens with zero attached hydrogens (tertiary/aromatic N) is 2. The van der Waals surface area contributed by atoms with Gasteiger partial charge in [-0.3, -0.25) is 4.90 Å². The summed E-state index contributed by atoms with van der Waals surface area (Å²) in [4.78, 5) is 6.69. The molecule has 2 nitrogen and oxygen atoms in total. The Morgan fingerprint density at radius 1 is 1.41 bits per heavy atom. The van der Waals surface area contributed by atoms with E-state index in [9.17, 15) is 0 Å². The Morgan fingerprint density at radius 3 is 2.88 bits per heavy atom. The SMILES string of the molecule is CC1(C)CN(Cc2nc(Cl)ccc2Cl)CCS1. The highest BCUT2D eigenvalue weighted by atomic mass is 35.5. The first-order valence-corrected chi connectivity index (χ1v) is 7.38. The van der Waals surface area contributed by atoms with Crippen LogP contribution in [0.25, 0.3) is 0 Å². The molecule has 0 bridgehead atoms. The first-order chi connectivity index (χ1) is 7.96. The Kier molecular flexibility index (Phi) is 4.24. The third-order valence-electron chi connectivity index (χ3n) is 2.76. The lowest BCUT2D eigenvalue weighted by atomic mass is 10.2. The normalized spacial score (nSPS) is 20.5. The lowest BCUT2D eigenvalue weighted by molar-refractivity contribution is 0.250. The lowest BCUT2D eigenvalue weighted by Gasteiger charge is -2.37. The largest absolute Gasteiger partial charge is 0.295 e. The van der Waals surface area contributed by atoms with E-state index >= 15 is 0 Å². The maximum atomic E-state index is 6.13. The zero-order valence-corrected chi connectivity index (χ0v) is 12.4. The van der Waals surface area contributed by atoms with Crippen molar-refractivity contribution in [3.8, 4) is 0 Å². The summed E-state index contributed by atoms with van der Waals surface area (Å²) in [5, 5.41) is 1.21. The van der Waals surface area contributed by atoms with Crippen LogP contribution in [0.15, 0.2) is 12.1 Å². The van der Waals surface area contributed by atoms with Crippen LogP contribution in [0.2, 0.25) is 10.2 Å². The predicted molar refractivity (Wildman–Crippen MR) is 76.1 cm³/mol. The van der Waals surface area contributed by atoms with Crippen LogP contribution in [0, 0.1) is 0 Å². The maximum Gasteiger partial charge on any atom is 0.129 e. The maximum absolute atomic E-state index is 6.13. The molecule has 2 heterocycles. The molecule has 0 amide bonds. The van der Waals surface area contributed by atoms with E-state index in [0.717, 1.165) is 31.1 Å². The van der Waals surface area contributed by atoms with Crippen LogP contribution in [0.1, 0.15) is 19.5 Å². The molecule has 1 aromatic heterocycles. The van der Waals surface area contributed by atoms with Crippen molar-refractivity contribution in [1.29, 1.82) is 0 Å². The summed E-state index contributed by atoms with van der Waals surface area (Å²) in [7, 11) is 0. The molecule has 17 heavy (non-hydrogen) atoms. The van der Waals surface area contributed by atoms with Crippen LogP contribution in [0.4, 0.5) is 0 Å². The van der Waals surface area contributed by atoms with Gasteiger partial charge in [0.05, 0.1) is 10.7 Å². The number of rotatable bonds is 2. The van der Waals surface area contributed by atoms with Gasteiger partial charge < -0.3 is 0 Å². The lowest BCUT2D eigenvalue weighted by Crippen LogP contribution is -2.42. The van der Waals surface area contributed by atoms with Crippen molar-refractivity contribution in [3.05, 3.63) is 28.0 Å². The molecule has 0 aromatic carbocycles. The average molecular weight is 291 g/mol. The quantitative estimate of drug-likeness (QED) is 0.773. The van der Waals surface area contributed by atoms with Gasteiger partial charge >= 0.3 is 0 Å². The fourth-order valence-electron chi connectivity index (χ4n) is 2.03. The van der Waals surface area contributed by atoms with Gasteiger partial charge in [-0.1, -0.05) is 23.2 Å². The number of aromatic nitrogens is 1. The third-order valence-corrected chi connectivity index (χ3v) is 4.61. The van der Waals surface area contributed by atoms with Crippen molar-refractivity contribution in [1.82, 2.24) is 9.88 Å². The highest BCUT2D eigenvalue weighted by Gasteiger charge is 2.27. The van der Waals surface area contributed by atoms with Crippen LogP contribution in [-0.2, 0) is 6.54 Å². The smallest absolute Gasteiger partial charge is 0.129 e. The molecule has 1 aliphatic heterocycles. The van der Waals surface area contributed by atoms with Gasteiger partial charge in [0.2, 0.25) is 0 Å². The summed E-state index contributed by atoms with van der Waals surface area (Å²) in [5.74, 6) is 1.16. The Morgan fingerprint density at radius 2 is 2.18 bits per heavy atom. The highest BCUT2D eigenvalue weighted by Crippen LogP contribution is 2.30. The zero-order chi connectivity index (χ0) is 12.5. The summed E-state index contributed by atoms with van der Waals surface area (Å²) < 4.78 is 0.309. The van der Waals surface area contributed by atoms with Gasteiger partial charge in [0, 0.05) is 30.1 Å². The van der Waals surface area contributed by atoms with E-state index in [1.165, 1.54) is 0 Å². The molecule has 0 unspecified atom stereocenters. The monoisotopic (exact) mass is 290 g/mol. The Balaban J connectivity index is 2.07. The predicted octanol–water partition coefficient (Wildman–Crippen LogP) is 3.72. The topological polar surface area (TPSA) is 16.1 Å². The summed E-state index contributed by atoms with van der Waals surface area (Å²) in [6, 6.07) is 3.54. The van der Waals surface area contributed by atoms with Crippen molar-refractivity contribution >= 4 is 35.0 Å². The van der Waals surface area contributed by atoms with Crippen molar-refractivity contribution in [2.24, 2.45) is 0 Å². The van der Waals surface area contributed by atoms with Gasteiger partial charge in [0.25, 0.3) is 0 Å². The number of hydrogen-bond donors (Lipinski definition) is 0. The van der Waals surface area contributed by atoms with Crippen molar-refractivity contribution in [2.75, 3.05) is 18.8 Å². The summed E-state index contributed by atoms with van der Waals surface area (Å²) in [5.41, 5.74) is 0.877. The van der Waals surface area contributed by atoms with Crippen LogP contribution >= 0.6 is 35.0 Å². The van der Waals surface area contributed by atoms with E-state index in [1.54, 1.807) is 6.07 Å². The first kappa shape index (κ1) is 13.5. The molecule has 94 valence electrons. The second-order valence-corrected chi connectivity index (χ2v) is 7.48. The van der Waals surface area contributed by atoms with Gasteiger partial charge in [0.1, 0.15) is 5.15 Å².